The molecule has 0 unspecified atom stereocenters. The number of fused-ring (bicyclic) bond motifs is 1. The molecule has 0 fully saturated rings. The number of carbonyl (C=O) groups excluding carboxylic acids is 1. The van der Waals surface area contributed by atoms with E-state index in [0.29, 0.717) is 16.3 Å². The van der Waals surface area contributed by atoms with Crippen molar-refractivity contribution in [3.05, 3.63) is 64.2 Å². The van der Waals surface area contributed by atoms with Crippen molar-refractivity contribution in [3.8, 4) is 5.75 Å². The molecule has 0 heterocycles. The topological polar surface area (TPSA) is 38.3 Å². The molecular formula is C17H16ClNO2. The van der Waals surface area contributed by atoms with Crippen LogP contribution in [0, 0.1) is 0 Å². The van der Waals surface area contributed by atoms with Crippen molar-refractivity contribution in [1.82, 2.24) is 5.32 Å². The molecule has 0 spiro atoms. The highest BCUT2D eigenvalue weighted by atomic mass is 35.5. The molecule has 1 aliphatic carbocycles. The number of amides is 1. The van der Waals surface area contributed by atoms with E-state index in [0.717, 1.165) is 12.8 Å². The Morgan fingerprint density at radius 2 is 1.86 bits per heavy atom. The van der Waals surface area contributed by atoms with Crippen LogP contribution in [0.15, 0.2) is 42.5 Å². The first kappa shape index (κ1) is 14.0. The predicted molar refractivity (Wildman–Crippen MR) is 83.1 cm³/mol. The monoisotopic (exact) mass is 301 g/mol. The molecule has 0 bridgehead atoms. The van der Waals surface area contributed by atoms with E-state index in [1.54, 1.807) is 18.2 Å². The molecule has 0 saturated heterocycles. The van der Waals surface area contributed by atoms with Crippen molar-refractivity contribution in [3.63, 3.8) is 0 Å². The smallest absolute Gasteiger partial charge is 0.251 e. The Labute approximate surface area is 128 Å². The molecule has 0 aromatic heterocycles. The first-order valence-corrected chi connectivity index (χ1v) is 7.26. The molecule has 0 atom stereocenters. The Hall–Kier alpha value is -2.00. The molecule has 0 aliphatic heterocycles. The van der Waals surface area contributed by atoms with Crippen LogP contribution in [0.3, 0.4) is 0 Å². The zero-order chi connectivity index (χ0) is 14.8. The number of benzene rings is 2. The van der Waals surface area contributed by atoms with Gasteiger partial charge in [0.2, 0.25) is 0 Å². The summed E-state index contributed by atoms with van der Waals surface area (Å²) in [6.45, 7) is 0. The van der Waals surface area contributed by atoms with Gasteiger partial charge in [0.05, 0.1) is 12.1 Å². The zero-order valence-corrected chi connectivity index (χ0v) is 12.5. The maximum atomic E-state index is 12.3. The molecule has 4 heteroatoms. The van der Waals surface area contributed by atoms with Gasteiger partial charge in [0.1, 0.15) is 5.75 Å². The minimum absolute atomic E-state index is 0.0947. The van der Waals surface area contributed by atoms with E-state index >= 15 is 0 Å². The van der Waals surface area contributed by atoms with Crippen molar-refractivity contribution in [1.29, 1.82) is 0 Å². The van der Waals surface area contributed by atoms with E-state index in [1.165, 1.54) is 18.2 Å². The van der Waals surface area contributed by atoms with Crippen LogP contribution < -0.4 is 10.1 Å². The normalized spacial score (nSPS) is 13.8. The summed E-state index contributed by atoms with van der Waals surface area (Å²) in [7, 11) is 1.54. The molecule has 3 nitrogen and oxygen atoms in total. The summed E-state index contributed by atoms with van der Waals surface area (Å²) in [5.74, 6) is 0.418. The largest absolute Gasteiger partial charge is 0.495 e. The average molecular weight is 302 g/mol. The van der Waals surface area contributed by atoms with Gasteiger partial charge in [-0.3, -0.25) is 4.79 Å². The van der Waals surface area contributed by atoms with Crippen LogP contribution in [-0.2, 0) is 12.8 Å². The van der Waals surface area contributed by atoms with Crippen molar-refractivity contribution in [2.45, 2.75) is 18.9 Å². The Morgan fingerprint density at radius 1 is 1.19 bits per heavy atom. The number of rotatable bonds is 3. The molecule has 21 heavy (non-hydrogen) atoms. The fourth-order valence-corrected chi connectivity index (χ4v) is 2.93. The minimum Gasteiger partial charge on any atom is -0.495 e. The molecule has 1 amide bonds. The first-order valence-electron chi connectivity index (χ1n) is 6.88. The quantitative estimate of drug-likeness (QED) is 0.945. The van der Waals surface area contributed by atoms with Gasteiger partial charge in [0.25, 0.3) is 5.91 Å². The van der Waals surface area contributed by atoms with Gasteiger partial charge in [-0.1, -0.05) is 35.9 Å². The van der Waals surface area contributed by atoms with E-state index in [9.17, 15) is 4.79 Å². The molecule has 3 rings (SSSR count). The van der Waals surface area contributed by atoms with Gasteiger partial charge in [0, 0.05) is 11.6 Å². The minimum atomic E-state index is -0.0947. The number of carbonyl (C=O) groups is 1. The summed E-state index contributed by atoms with van der Waals surface area (Å²) >= 11 is 5.98. The van der Waals surface area contributed by atoms with Crippen molar-refractivity contribution >= 4 is 17.5 Å². The van der Waals surface area contributed by atoms with E-state index in [1.807, 2.05) is 12.1 Å². The van der Waals surface area contributed by atoms with Gasteiger partial charge in [-0.15, -0.1) is 0 Å². The van der Waals surface area contributed by atoms with E-state index in [4.69, 9.17) is 16.3 Å². The molecule has 0 saturated carbocycles. The first-order chi connectivity index (χ1) is 10.2. The molecule has 0 radical (unpaired) electrons. The third kappa shape index (κ3) is 2.88. The Bertz CT molecular complexity index is 659. The highest BCUT2D eigenvalue weighted by Gasteiger charge is 2.23. The standard InChI is InChI=1S/C17H16ClNO2/c1-21-16-10-13(6-7-15(16)18)17(20)19-14-8-11-4-2-3-5-12(11)9-14/h2-7,10,14H,8-9H2,1H3,(H,19,20). The molecule has 2 aromatic carbocycles. The molecule has 2 aromatic rings. The van der Waals surface area contributed by atoms with Crippen LogP contribution in [0.25, 0.3) is 0 Å². The van der Waals surface area contributed by atoms with Gasteiger partial charge in [0.15, 0.2) is 0 Å². The van der Waals surface area contributed by atoms with Crippen LogP contribution in [0.2, 0.25) is 5.02 Å². The van der Waals surface area contributed by atoms with Crippen LogP contribution in [-0.4, -0.2) is 19.1 Å². The second-order valence-electron chi connectivity index (χ2n) is 5.20. The maximum Gasteiger partial charge on any atom is 0.251 e. The molecule has 108 valence electrons. The Kier molecular flexibility index (Phi) is 3.84. The van der Waals surface area contributed by atoms with Crippen LogP contribution in [0.5, 0.6) is 5.75 Å². The summed E-state index contributed by atoms with van der Waals surface area (Å²) in [6, 6.07) is 13.5. The average Bonchev–Trinajstić information content (AvgIpc) is 2.89. The van der Waals surface area contributed by atoms with Crippen LogP contribution in [0.1, 0.15) is 21.5 Å². The number of ether oxygens (including phenoxy) is 1. The summed E-state index contributed by atoms with van der Waals surface area (Å²) in [5.41, 5.74) is 3.19. The maximum absolute atomic E-state index is 12.3. The van der Waals surface area contributed by atoms with Gasteiger partial charge in [-0.2, -0.15) is 0 Å². The predicted octanol–water partition coefficient (Wildman–Crippen LogP) is 3.25. The third-order valence-electron chi connectivity index (χ3n) is 3.80. The lowest BCUT2D eigenvalue weighted by Gasteiger charge is -2.13. The van der Waals surface area contributed by atoms with E-state index in [-0.39, 0.29) is 11.9 Å². The summed E-state index contributed by atoms with van der Waals surface area (Å²) in [5, 5.41) is 3.58. The van der Waals surface area contributed by atoms with Gasteiger partial charge in [-0.05, 0) is 42.2 Å². The number of hydrogen-bond donors (Lipinski definition) is 1. The lowest BCUT2D eigenvalue weighted by Crippen LogP contribution is -2.35. The molecular weight excluding hydrogens is 286 g/mol. The summed E-state index contributed by atoms with van der Waals surface area (Å²) < 4.78 is 5.14. The number of methoxy groups -OCH3 is 1. The van der Waals surface area contributed by atoms with Gasteiger partial charge in [-0.25, -0.2) is 0 Å². The third-order valence-corrected chi connectivity index (χ3v) is 4.11. The van der Waals surface area contributed by atoms with Crippen LogP contribution >= 0.6 is 11.6 Å². The van der Waals surface area contributed by atoms with Crippen molar-refractivity contribution in [2.24, 2.45) is 0 Å². The second-order valence-corrected chi connectivity index (χ2v) is 5.60. The van der Waals surface area contributed by atoms with E-state index < -0.39 is 0 Å². The number of hydrogen-bond acceptors (Lipinski definition) is 2. The highest BCUT2D eigenvalue weighted by Crippen LogP contribution is 2.26. The van der Waals surface area contributed by atoms with Crippen LogP contribution in [0.4, 0.5) is 0 Å². The van der Waals surface area contributed by atoms with Gasteiger partial charge < -0.3 is 10.1 Å². The summed E-state index contributed by atoms with van der Waals surface area (Å²) in [6.07, 6.45) is 1.76. The molecule has 1 aliphatic rings. The Balaban J connectivity index is 1.71. The lowest BCUT2D eigenvalue weighted by atomic mass is 10.1. The SMILES string of the molecule is COc1cc(C(=O)NC2Cc3ccccc3C2)ccc1Cl. The zero-order valence-electron chi connectivity index (χ0n) is 11.7. The highest BCUT2D eigenvalue weighted by molar-refractivity contribution is 6.32. The number of halogens is 1. The van der Waals surface area contributed by atoms with Crippen molar-refractivity contribution < 1.29 is 9.53 Å². The van der Waals surface area contributed by atoms with Gasteiger partial charge >= 0.3 is 0 Å². The fourth-order valence-electron chi connectivity index (χ4n) is 2.73. The van der Waals surface area contributed by atoms with Crippen molar-refractivity contribution in [2.75, 3.05) is 7.11 Å². The number of nitrogens with one attached hydrogen (secondary N) is 1. The Morgan fingerprint density at radius 3 is 2.48 bits per heavy atom. The fraction of sp³-hybridized carbons (Fsp3) is 0.235. The molecule has 1 N–H and O–H groups in total. The second kappa shape index (κ2) is 5.78. The summed E-state index contributed by atoms with van der Waals surface area (Å²) in [4.78, 5) is 12.3. The lowest BCUT2D eigenvalue weighted by molar-refractivity contribution is 0.0938. The van der Waals surface area contributed by atoms with E-state index in [2.05, 4.69) is 17.4 Å².